The van der Waals surface area contributed by atoms with Crippen molar-refractivity contribution in [2.24, 2.45) is 0 Å². The minimum Gasteiger partial charge on any atom is -0.394 e. The number of hydrogen-bond acceptors (Lipinski definition) is 13. The second kappa shape index (κ2) is 63.6. The smallest absolute Gasteiger partial charge is 0.220 e. The number of aliphatic hydroxyl groups is 8. The fraction of sp³-hybridized carbons (Fsp3) is 0.716. The van der Waals surface area contributed by atoms with E-state index in [0.29, 0.717) is 12.8 Å². The van der Waals surface area contributed by atoms with Crippen LogP contribution < -0.4 is 5.32 Å². The molecule has 2 heterocycles. The zero-order valence-electron chi connectivity index (χ0n) is 59.4. The molecule has 0 bridgehead atoms. The molecule has 12 atom stereocenters. The van der Waals surface area contributed by atoms with E-state index in [1.165, 1.54) is 141 Å². The lowest BCUT2D eigenvalue weighted by atomic mass is 9.97. The summed E-state index contributed by atoms with van der Waals surface area (Å²) in [5.74, 6) is -0.261. The molecule has 0 saturated carbocycles. The van der Waals surface area contributed by atoms with Crippen molar-refractivity contribution >= 4 is 5.91 Å². The van der Waals surface area contributed by atoms with E-state index in [2.05, 4.69) is 141 Å². The van der Waals surface area contributed by atoms with Gasteiger partial charge in [-0.05, 0) is 109 Å². The van der Waals surface area contributed by atoms with Crippen molar-refractivity contribution in [1.29, 1.82) is 0 Å². The number of amides is 1. The SMILES string of the molecule is CC/C=C\C/C=C\C/C=C\C/C=C\C/C=C\C/C=C\C/C=C\C/C=C\CCCCCCCCCCCCC(=O)NC(COC1OC(CO)C(OC2OC(CO)C(O)C(O)C2O)C(O)C1O)C(O)/C=C/CC/C=C/CC/C=C/CCCCCCCCCCCCCCCCCC. The summed E-state index contributed by atoms with van der Waals surface area (Å²) < 4.78 is 22.9. The lowest BCUT2D eigenvalue weighted by Gasteiger charge is -2.46. The average Bonchev–Trinajstić information content (AvgIpc) is 0.800. The van der Waals surface area contributed by atoms with Crippen molar-refractivity contribution in [3.63, 3.8) is 0 Å². The number of hydrogen-bond donors (Lipinski definition) is 9. The molecule has 2 aliphatic rings. The van der Waals surface area contributed by atoms with E-state index >= 15 is 0 Å². The maximum atomic E-state index is 13.4. The third-order valence-corrected chi connectivity index (χ3v) is 17.5. The van der Waals surface area contributed by atoms with Crippen LogP contribution >= 0.6 is 0 Å². The van der Waals surface area contributed by atoms with Gasteiger partial charge in [-0.3, -0.25) is 4.79 Å². The Hall–Kier alpha value is -3.87. The van der Waals surface area contributed by atoms with Crippen LogP contribution in [0.1, 0.15) is 277 Å². The molecule has 0 aromatic rings. The summed E-state index contributed by atoms with van der Waals surface area (Å²) in [7, 11) is 0. The van der Waals surface area contributed by atoms with Crippen LogP contribution in [0.25, 0.3) is 0 Å². The van der Waals surface area contributed by atoms with Gasteiger partial charge in [0, 0.05) is 6.42 Å². The van der Waals surface area contributed by atoms with Gasteiger partial charge in [0.15, 0.2) is 12.6 Å². The van der Waals surface area contributed by atoms with E-state index in [1.807, 2.05) is 6.08 Å². The number of nitrogens with one attached hydrogen (secondary N) is 1. The van der Waals surface area contributed by atoms with Gasteiger partial charge >= 0.3 is 0 Å². The minimum absolute atomic E-state index is 0.256. The van der Waals surface area contributed by atoms with Crippen molar-refractivity contribution in [2.75, 3.05) is 19.8 Å². The van der Waals surface area contributed by atoms with E-state index in [9.17, 15) is 45.6 Å². The topological polar surface area (TPSA) is 228 Å². The van der Waals surface area contributed by atoms with Crippen LogP contribution in [0, 0.1) is 0 Å². The molecule has 0 aromatic carbocycles. The average molecular weight is 1330 g/mol. The van der Waals surface area contributed by atoms with Crippen molar-refractivity contribution < 1.29 is 64.6 Å². The second-order valence-corrected chi connectivity index (χ2v) is 26.0. The zero-order chi connectivity index (χ0) is 68.7. The van der Waals surface area contributed by atoms with Crippen molar-refractivity contribution in [3.8, 4) is 0 Å². The molecule has 14 heteroatoms. The molecule has 0 aliphatic carbocycles. The zero-order valence-corrected chi connectivity index (χ0v) is 59.4. The molecule has 9 N–H and O–H groups in total. The Kier molecular flexibility index (Phi) is 58.4. The number of rotatable bonds is 61. The third-order valence-electron chi connectivity index (χ3n) is 17.5. The Morgan fingerprint density at radius 3 is 1.16 bits per heavy atom. The molecule has 2 rings (SSSR count). The highest BCUT2D eigenvalue weighted by Gasteiger charge is 2.51. The third kappa shape index (κ3) is 46.9. The normalized spacial score (nSPS) is 23.1. The van der Waals surface area contributed by atoms with Gasteiger partial charge in [-0.15, -0.1) is 0 Å². The predicted molar refractivity (Wildman–Crippen MR) is 391 cm³/mol. The van der Waals surface area contributed by atoms with Crippen LogP contribution in [0.15, 0.2) is 134 Å². The Bertz CT molecular complexity index is 2110. The van der Waals surface area contributed by atoms with E-state index in [-0.39, 0.29) is 18.9 Å². The molecule has 0 aromatic heterocycles. The molecule has 2 saturated heterocycles. The van der Waals surface area contributed by atoms with Crippen LogP contribution in [-0.4, -0.2) is 140 Å². The molecule has 95 heavy (non-hydrogen) atoms. The highest BCUT2D eigenvalue weighted by atomic mass is 16.7. The number of allylic oxidation sites excluding steroid dienone is 21. The van der Waals surface area contributed by atoms with Gasteiger partial charge in [0.1, 0.15) is 48.8 Å². The van der Waals surface area contributed by atoms with Gasteiger partial charge in [-0.25, -0.2) is 0 Å². The maximum absolute atomic E-state index is 13.4. The van der Waals surface area contributed by atoms with Crippen LogP contribution in [0.4, 0.5) is 0 Å². The van der Waals surface area contributed by atoms with E-state index in [4.69, 9.17) is 18.9 Å². The van der Waals surface area contributed by atoms with E-state index in [1.54, 1.807) is 6.08 Å². The Morgan fingerprint density at radius 2 is 0.737 bits per heavy atom. The number of carbonyl (C=O) groups excluding carboxylic acids is 1. The van der Waals surface area contributed by atoms with Crippen LogP contribution in [-0.2, 0) is 23.7 Å². The Balaban J connectivity index is 1.68. The largest absolute Gasteiger partial charge is 0.394 e. The summed E-state index contributed by atoms with van der Waals surface area (Å²) in [6.07, 6.45) is 77.9. The van der Waals surface area contributed by atoms with Gasteiger partial charge in [0.25, 0.3) is 0 Å². The summed E-state index contributed by atoms with van der Waals surface area (Å²) in [6.45, 7) is 2.67. The van der Waals surface area contributed by atoms with Gasteiger partial charge in [-0.1, -0.05) is 295 Å². The molecular formula is C81H137NO13. The van der Waals surface area contributed by atoms with Crippen LogP contribution in [0.2, 0.25) is 0 Å². The van der Waals surface area contributed by atoms with Crippen molar-refractivity contribution in [1.82, 2.24) is 5.32 Å². The summed E-state index contributed by atoms with van der Waals surface area (Å²) in [4.78, 5) is 13.4. The van der Waals surface area contributed by atoms with Crippen LogP contribution in [0.3, 0.4) is 0 Å². The standard InChI is InChI=1S/C81H137NO13/c1-3-5-7-9-11-13-15-17-19-21-23-25-27-29-31-32-33-34-35-36-37-38-39-41-43-45-47-49-51-53-55-57-59-61-63-65-73(86)82-69(68-92-80-78(91)76(89)79(72(67-84)94-80)95-81-77(90)75(88)74(87)71(66-83)93-81)70(85)64-62-60-58-56-54-52-50-48-46-44-42-40-30-28-26-24-22-20-18-16-14-12-10-8-6-4-2/h5,7,11,13,17,19,23,25,29,31,33-34,36-37,39,41,46,48,54,56,62,64,69-72,74-81,83-85,87-91H,3-4,6,8-10,12,14-16,18,20-22,24,26-28,30,32,35,38,40,42-45,47,49-53,55,57-61,63,65-68H2,1-2H3,(H,82,86)/b7-5-,13-11-,19-17-,25-23-,31-29-,34-33-,37-36-,41-39-,48-46+,56-54+,64-62+. The van der Waals surface area contributed by atoms with Gasteiger partial charge in [0.05, 0.1) is 32.0 Å². The summed E-state index contributed by atoms with van der Waals surface area (Å²) in [5, 5.41) is 87.5. The quantitative estimate of drug-likeness (QED) is 0.0204. The monoisotopic (exact) mass is 1330 g/mol. The molecule has 0 radical (unpaired) electrons. The fourth-order valence-electron chi connectivity index (χ4n) is 11.6. The molecule has 14 nitrogen and oxygen atoms in total. The summed E-state index contributed by atoms with van der Waals surface area (Å²) in [5.41, 5.74) is 0. The Morgan fingerprint density at radius 1 is 0.389 bits per heavy atom. The number of unbranched alkanes of at least 4 members (excludes halogenated alkanes) is 28. The molecular weight excluding hydrogens is 1190 g/mol. The maximum Gasteiger partial charge on any atom is 0.220 e. The van der Waals surface area contributed by atoms with E-state index in [0.717, 1.165) is 103 Å². The lowest BCUT2D eigenvalue weighted by molar-refractivity contribution is -0.359. The number of aliphatic hydroxyl groups excluding tert-OH is 8. The van der Waals surface area contributed by atoms with Gasteiger partial charge in [0.2, 0.25) is 5.91 Å². The first-order valence-electron chi connectivity index (χ1n) is 37.9. The Labute approximate surface area is 577 Å². The molecule has 2 fully saturated rings. The predicted octanol–water partition coefficient (Wildman–Crippen LogP) is 16.6. The lowest BCUT2D eigenvalue weighted by Crippen LogP contribution is -2.65. The molecule has 12 unspecified atom stereocenters. The molecule has 1 amide bonds. The highest BCUT2D eigenvalue weighted by molar-refractivity contribution is 5.76. The van der Waals surface area contributed by atoms with Crippen molar-refractivity contribution in [2.45, 2.75) is 351 Å². The molecule has 0 spiro atoms. The van der Waals surface area contributed by atoms with Crippen LogP contribution in [0.5, 0.6) is 0 Å². The first-order chi connectivity index (χ1) is 46.6. The minimum atomic E-state index is -1.80. The summed E-state index contributed by atoms with van der Waals surface area (Å²) >= 11 is 0. The first kappa shape index (κ1) is 87.2. The van der Waals surface area contributed by atoms with Crippen molar-refractivity contribution in [3.05, 3.63) is 134 Å². The van der Waals surface area contributed by atoms with Gasteiger partial charge in [-0.2, -0.15) is 0 Å². The van der Waals surface area contributed by atoms with E-state index < -0.39 is 86.8 Å². The fourth-order valence-corrected chi connectivity index (χ4v) is 11.6. The highest BCUT2D eigenvalue weighted by Crippen LogP contribution is 2.30. The number of ether oxygens (including phenoxy) is 4. The van der Waals surface area contributed by atoms with Gasteiger partial charge < -0.3 is 65.1 Å². The number of carbonyl (C=O) groups is 1. The molecule has 544 valence electrons. The second-order valence-electron chi connectivity index (χ2n) is 26.0. The summed E-state index contributed by atoms with van der Waals surface area (Å²) in [6, 6.07) is -0.952. The molecule has 2 aliphatic heterocycles. The first-order valence-corrected chi connectivity index (χ1v) is 37.9.